The number of nitrogens with zero attached hydrogens (tertiary/aromatic N) is 2. The van der Waals surface area contributed by atoms with Gasteiger partial charge in [0.2, 0.25) is 5.91 Å². The van der Waals surface area contributed by atoms with Gasteiger partial charge in [-0.3, -0.25) is 9.79 Å². The third kappa shape index (κ3) is 4.63. The van der Waals surface area contributed by atoms with Crippen LogP contribution in [0.3, 0.4) is 0 Å². The van der Waals surface area contributed by atoms with E-state index in [4.69, 9.17) is 4.74 Å². The van der Waals surface area contributed by atoms with Crippen molar-refractivity contribution in [3.63, 3.8) is 0 Å². The van der Waals surface area contributed by atoms with Crippen LogP contribution in [0.1, 0.15) is 16.7 Å². The van der Waals surface area contributed by atoms with E-state index in [0.29, 0.717) is 12.5 Å². The van der Waals surface area contributed by atoms with E-state index in [2.05, 4.69) is 39.9 Å². The number of para-hydroxylation sites is 1. The monoisotopic (exact) mass is 380 g/mol. The number of aliphatic imine (C=N–C) groups is 1. The van der Waals surface area contributed by atoms with Crippen LogP contribution < -0.4 is 20.3 Å². The van der Waals surface area contributed by atoms with Crippen molar-refractivity contribution in [1.82, 2.24) is 10.6 Å². The minimum absolute atomic E-state index is 0.0520. The smallest absolute Gasteiger partial charge is 0.246 e. The topological polar surface area (TPSA) is 66.0 Å². The minimum Gasteiger partial charge on any atom is -0.496 e. The lowest BCUT2D eigenvalue weighted by atomic mass is 10.1. The molecule has 0 saturated heterocycles. The summed E-state index contributed by atoms with van der Waals surface area (Å²) in [6.07, 6.45) is 1.75. The molecule has 148 valence electrons. The molecule has 3 rings (SSSR count). The number of carbonyl (C=O) groups is 1. The van der Waals surface area contributed by atoms with Gasteiger partial charge in [0, 0.05) is 25.8 Å². The highest BCUT2D eigenvalue weighted by Crippen LogP contribution is 2.27. The number of rotatable bonds is 6. The molecule has 0 saturated carbocycles. The molecule has 2 N–H and O–H groups in total. The highest BCUT2D eigenvalue weighted by atomic mass is 16.5. The van der Waals surface area contributed by atoms with E-state index in [0.717, 1.165) is 36.4 Å². The van der Waals surface area contributed by atoms with E-state index < -0.39 is 0 Å². The summed E-state index contributed by atoms with van der Waals surface area (Å²) in [6, 6.07) is 14.3. The standard InChI is InChI=1S/C22H28N4O2/c1-16-8-9-17(14-20(16)28-3)10-12-24-22(23-2)25-15-21(27)26-13-11-18-6-4-5-7-19(18)26/h4-9,14H,10-13,15H2,1-3H3,(H2,23,24,25). The van der Waals surface area contributed by atoms with E-state index in [1.54, 1.807) is 14.2 Å². The first-order valence-electron chi connectivity index (χ1n) is 9.58. The second-order valence-corrected chi connectivity index (χ2v) is 6.83. The number of carbonyl (C=O) groups excluding carboxylic acids is 1. The van der Waals surface area contributed by atoms with Gasteiger partial charge in [0.05, 0.1) is 13.7 Å². The van der Waals surface area contributed by atoms with Crippen LogP contribution in [0.4, 0.5) is 5.69 Å². The van der Waals surface area contributed by atoms with Gasteiger partial charge < -0.3 is 20.3 Å². The van der Waals surface area contributed by atoms with Crippen LogP contribution >= 0.6 is 0 Å². The predicted molar refractivity (Wildman–Crippen MR) is 113 cm³/mol. The Morgan fingerprint density at radius 2 is 2.04 bits per heavy atom. The highest BCUT2D eigenvalue weighted by molar-refractivity contribution is 5.98. The Kier molecular flexibility index (Phi) is 6.53. The Labute approximate surface area is 166 Å². The van der Waals surface area contributed by atoms with Crippen LogP contribution in [0, 0.1) is 6.92 Å². The number of ether oxygens (including phenoxy) is 1. The number of benzene rings is 2. The lowest BCUT2D eigenvalue weighted by molar-refractivity contribution is -0.117. The molecule has 0 atom stereocenters. The number of guanidine groups is 1. The van der Waals surface area contributed by atoms with E-state index in [1.165, 1.54) is 11.1 Å². The zero-order valence-corrected chi connectivity index (χ0v) is 16.8. The third-order valence-corrected chi connectivity index (χ3v) is 5.00. The molecule has 6 nitrogen and oxygen atoms in total. The van der Waals surface area contributed by atoms with Crippen molar-refractivity contribution in [2.45, 2.75) is 19.8 Å². The number of fused-ring (bicyclic) bond motifs is 1. The fourth-order valence-electron chi connectivity index (χ4n) is 3.42. The molecule has 6 heteroatoms. The van der Waals surface area contributed by atoms with Gasteiger partial charge >= 0.3 is 0 Å². The van der Waals surface area contributed by atoms with Crippen LogP contribution in [0.5, 0.6) is 5.75 Å². The maximum atomic E-state index is 12.6. The second-order valence-electron chi connectivity index (χ2n) is 6.83. The van der Waals surface area contributed by atoms with Crippen molar-refractivity contribution in [3.05, 3.63) is 59.2 Å². The molecule has 0 fully saturated rings. The van der Waals surface area contributed by atoms with Gasteiger partial charge in [-0.2, -0.15) is 0 Å². The molecule has 2 aromatic carbocycles. The van der Waals surface area contributed by atoms with Gasteiger partial charge in [0.15, 0.2) is 5.96 Å². The molecule has 0 bridgehead atoms. The van der Waals surface area contributed by atoms with Crippen LogP contribution in [-0.2, 0) is 17.6 Å². The molecular weight excluding hydrogens is 352 g/mol. The Balaban J connectivity index is 1.47. The third-order valence-electron chi connectivity index (χ3n) is 5.00. The van der Waals surface area contributed by atoms with Crippen LogP contribution in [-0.4, -0.2) is 45.7 Å². The molecule has 1 aliphatic rings. The summed E-state index contributed by atoms with van der Waals surface area (Å²) in [7, 11) is 3.39. The van der Waals surface area contributed by atoms with Gasteiger partial charge in [-0.25, -0.2) is 0 Å². The Hall–Kier alpha value is -3.02. The summed E-state index contributed by atoms with van der Waals surface area (Å²) in [5.41, 5.74) is 4.56. The molecule has 1 amide bonds. The van der Waals surface area contributed by atoms with Gasteiger partial charge in [-0.1, -0.05) is 30.3 Å². The number of amides is 1. The quantitative estimate of drug-likeness (QED) is 0.596. The van der Waals surface area contributed by atoms with E-state index in [1.807, 2.05) is 30.0 Å². The molecule has 28 heavy (non-hydrogen) atoms. The van der Waals surface area contributed by atoms with Crippen molar-refractivity contribution in [2.24, 2.45) is 4.99 Å². The van der Waals surface area contributed by atoms with Crippen LogP contribution in [0.15, 0.2) is 47.5 Å². The van der Waals surface area contributed by atoms with E-state index in [-0.39, 0.29) is 12.5 Å². The molecule has 0 spiro atoms. The molecule has 0 unspecified atom stereocenters. The average molecular weight is 380 g/mol. The minimum atomic E-state index is 0.0520. The zero-order chi connectivity index (χ0) is 19.9. The van der Waals surface area contributed by atoms with Crippen molar-refractivity contribution < 1.29 is 9.53 Å². The zero-order valence-electron chi connectivity index (χ0n) is 16.8. The van der Waals surface area contributed by atoms with Crippen molar-refractivity contribution in [2.75, 3.05) is 38.7 Å². The second kappa shape index (κ2) is 9.26. The van der Waals surface area contributed by atoms with Gasteiger partial charge in [0.25, 0.3) is 0 Å². The summed E-state index contributed by atoms with van der Waals surface area (Å²) in [6.45, 7) is 3.70. The van der Waals surface area contributed by atoms with Crippen LogP contribution in [0.2, 0.25) is 0 Å². The number of hydrogen-bond acceptors (Lipinski definition) is 3. The molecule has 2 aromatic rings. The Morgan fingerprint density at radius 1 is 1.21 bits per heavy atom. The molecule has 1 heterocycles. The van der Waals surface area contributed by atoms with Crippen molar-refractivity contribution in [1.29, 1.82) is 0 Å². The van der Waals surface area contributed by atoms with Crippen molar-refractivity contribution in [3.8, 4) is 5.75 Å². The summed E-state index contributed by atoms with van der Waals surface area (Å²) in [5, 5.41) is 6.38. The maximum absolute atomic E-state index is 12.6. The maximum Gasteiger partial charge on any atom is 0.246 e. The number of methoxy groups -OCH3 is 1. The molecule has 0 radical (unpaired) electrons. The molecular formula is C22H28N4O2. The first kappa shape index (κ1) is 19.7. The van der Waals surface area contributed by atoms with Gasteiger partial charge in [0.1, 0.15) is 5.75 Å². The molecule has 1 aliphatic heterocycles. The Morgan fingerprint density at radius 3 is 2.82 bits per heavy atom. The fourth-order valence-corrected chi connectivity index (χ4v) is 3.42. The summed E-state index contributed by atoms with van der Waals surface area (Å²) in [4.78, 5) is 18.6. The number of nitrogens with one attached hydrogen (secondary N) is 2. The van der Waals surface area contributed by atoms with Gasteiger partial charge in [-0.15, -0.1) is 0 Å². The van der Waals surface area contributed by atoms with Gasteiger partial charge in [-0.05, 0) is 48.6 Å². The highest BCUT2D eigenvalue weighted by Gasteiger charge is 2.23. The summed E-state index contributed by atoms with van der Waals surface area (Å²) < 4.78 is 5.37. The molecule has 0 aromatic heterocycles. The summed E-state index contributed by atoms with van der Waals surface area (Å²) >= 11 is 0. The lowest BCUT2D eigenvalue weighted by Crippen LogP contribution is -2.44. The number of anilines is 1. The molecule has 0 aliphatic carbocycles. The number of hydrogen-bond donors (Lipinski definition) is 2. The first-order valence-corrected chi connectivity index (χ1v) is 9.58. The van der Waals surface area contributed by atoms with E-state index in [9.17, 15) is 4.79 Å². The fraction of sp³-hybridized carbons (Fsp3) is 0.364. The lowest BCUT2D eigenvalue weighted by Gasteiger charge is -2.19. The first-order chi connectivity index (χ1) is 13.6. The van der Waals surface area contributed by atoms with Crippen molar-refractivity contribution >= 4 is 17.6 Å². The average Bonchev–Trinajstić information content (AvgIpc) is 3.15. The van der Waals surface area contributed by atoms with Crippen LogP contribution in [0.25, 0.3) is 0 Å². The summed E-state index contributed by atoms with van der Waals surface area (Å²) in [5.74, 6) is 1.58. The Bertz CT molecular complexity index is 863. The normalized spacial score (nSPS) is 13.2. The largest absolute Gasteiger partial charge is 0.496 e. The number of aryl methyl sites for hydroxylation is 1. The van der Waals surface area contributed by atoms with E-state index >= 15 is 0 Å². The predicted octanol–water partition coefficient (Wildman–Crippen LogP) is 2.30. The SMILES string of the molecule is CN=C(NCCc1ccc(C)c(OC)c1)NCC(=O)N1CCc2ccccc21.